The van der Waals surface area contributed by atoms with E-state index in [1.165, 1.54) is 7.11 Å². The van der Waals surface area contributed by atoms with Crippen molar-refractivity contribution < 1.29 is 24.2 Å². The molecular weight excluding hydrogens is 262 g/mol. The van der Waals surface area contributed by atoms with Crippen molar-refractivity contribution in [2.75, 3.05) is 20.3 Å². The number of amides is 1. The lowest BCUT2D eigenvalue weighted by Crippen LogP contribution is -2.42. The monoisotopic (exact) mass is 283 g/mol. The van der Waals surface area contributed by atoms with E-state index in [-0.39, 0.29) is 13.2 Å². The maximum Gasteiger partial charge on any atom is 0.408 e. The smallest absolute Gasteiger partial charge is 0.408 e. The summed E-state index contributed by atoms with van der Waals surface area (Å²) in [6, 6.07) is -0.796. The Bertz CT molecular complexity index is 389. The Morgan fingerprint density at radius 1 is 1.45 bits per heavy atom. The number of aliphatic hydroxyl groups excluding tert-OH is 1. The van der Waals surface area contributed by atoms with Crippen LogP contribution in [-0.2, 0) is 14.3 Å². The molecule has 0 aromatic rings. The van der Waals surface area contributed by atoms with Crippen molar-refractivity contribution in [3.63, 3.8) is 0 Å². The Labute approximate surface area is 118 Å². The van der Waals surface area contributed by atoms with Gasteiger partial charge in [-0.25, -0.2) is 9.59 Å². The number of carbonyl (C=O) groups is 2. The van der Waals surface area contributed by atoms with Crippen molar-refractivity contribution in [2.45, 2.75) is 31.7 Å². The SMILES string of the molecule is COC(=O)C(CCCO)NC(=O)OCC1=CCCC=C1. The van der Waals surface area contributed by atoms with Crippen molar-refractivity contribution in [1.82, 2.24) is 5.32 Å². The predicted molar refractivity (Wildman–Crippen MR) is 73.1 cm³/mol. The fourth-order valence-electron chi connectivity index (χ4n) is 1.79. The molecule has 6 nitrogen and oxygen atoms in total. The van der Waals surface area contributed by atoms with Crippen molar-refractivity contribution in [3.05, 3.63) is 23.8 Å². The largest absolute Gasteiger partial charge is 0.467 e. The van der Waals surface area contributed by atoms with E-state index in [4.69, 9.17) is 9.84 Å². The van der Waals surface area contributed by atoms with Gasteiger partial charge in [0, 0.05) is 6.61 Å². The molecule has 6 heteroatoms. The minimum absolute atomic E-state index is 0.0537. The van der Waals surface area contributed by atoms with E-state index in [2.05, 4.69) is 10.1 Å². The topological polar surface area (TPSA) is 84.9 Å². The van der Waals surface area contributed by atoms with Gasteiger partial charge in [0.15, 0.2) is 0 Å². The van der Waals surface area contributed by atoms with Gasteiger partial charge in [-0.15, -0.1) is 0 Å². The molecule has 1 amide bonds. The van der Waals surface area contributed by atoms with E-state index >= 15 is 0 Å². The van der Waals surface area contributed by atoms with Crippen LogP contribution in [0.15, 0.2) is 23.8 Å². The summed E-state index contributed by atoms with van der Waals surface area (Å²) in [6.45, 7) is 0.123. The minimum atomic E-state index is -0.796. The lowest BCUT2D eigenvalue weighted by molar-refractivity contribution is -0.143. The van der Waals surface area contributed by atoms with E-state index in [0.29, 0.717) is 12.8 Å². The number of alkyl carbamates (subject to hydrolysis) is 1. The average Bonchev–Trinajstić information content (AvgIpc) is 2.49. The highest BCUT2D eigenvalue weighted by Gasteiger charge is 2.21. The zero-order valence-electron chi connectivity index (χ0n) is 11.6. The molecule has 1 rings (SSSR count). The minimum Gasteiger partial charge on any atom is -0.467 e. The molecule has 1 atom stereocenters. The van der Waals surface area contributed by atoms with E-state index < -0.39 is 18.1 Å². The summed E-state index contributed by atoms with van der Waals surface area (Å²) >= 11 is 0. The first kappa shape index (κ1) is 16.2. The van der Waals surface area contributed by atoms with Crippen LogP contribution >= 0.6 is 0 Å². The first-order valence-electron chi connectivity index (χ1n) is 6.65. The Balaban J connectivity index is 2.38. The number of carbonyl (C=O) groups excluding carboxylic acids is 2. The second kappa shape index (κ2) is 9.14. The first-order valence-corrected chi connectivity index (χ1v) is 6.65. The quantitative estimate of drug-likeness (QED) is 0.688. The molecule has 1 aliphatic rings. The van der Waals surface area contributed by atoms with Crippen LogP contribution in [0.3, 0.4) is 0 Å². The molecule has 112 valence electrons. The number of aliphatic hydroxyl groups is 1. The number of nitrogens with one attached hydrogen (secondary N) is 1. The zero-order valence-corrected chi connectivity index (χ0v) is 11.6. The Morgan fingerprint density at radius 2 is 2.25 bits per heavy atom. The van der Waals surface area contributed by atoms with E-state index in [9.17, 15) is 9.59 Å². The van der Waals surface area contributed by atoms with Crippen LogP contribution in [0.1, 0.15) is 25.7 Å². The van der Waals surface area contributed by atoms with Gasteiger partial charge in [0.2, 0.25) is 0 Å². The molecule has 0 aromatic heterocycles. The van der Waals surface area contributed by atoms with Crippen LogP contribution < -0.4 is 5.32 Å². The summed E-state index contributed by atoms with van der Waals surface area (Å²) in [6.07, 6.45) is 7.93. The van der Waals surface area contributed by atoms with E-state index in [0.717, 1.165) is 18.4 Å². The Kier molecular flexibility index (Phi) is 7.42. The van der Waals surface area contributed by atoms with Gasteiger partial charge >= 0.3 is 12.1 Å². The number of rotatable bonds is 7. The summed E-state index contributed by atoms with van der Waals surface area (Å²) in [5.41, 5.74) is 0.941. The van der Waals surface area contributed by atoms with Gasteiger partial charge in [0.05, 0.1) is 7.11 Å². The maximum atomic E-state index is 11.6. The van der Waals surface area contributed by atoms with Gasteiger partial charge in [-0.1, -0.05) is 18.2 Å². The van der Waals surface area contributed by atoms with Crippen LogP contribution in [-0.4, -0.2) is 43.5 Å². The van der Waals surface area contributed by atoms with Crippen molar-refractivity contribution in [1.29, 1.82) is 0 Å². The third-order valence-corrected chi connectivity index (χ3v) is 2.87. The van der Waals surface area contributed by atoms with Crippen LogP contribution in [0.4, 0.5) is 4.79 Å². The molecule has 0 spiro atoms. The Morgan fingerprint density at radius 3 is 2.85 bits per heavy atom. The Hall–Kier alpha value is -1.82. The molecular formula is C14H21NO5. The number of ether oxygens (including phenoxy) is 2. The van der Waals surface area contributed by atoms with Crippen LogP contribution in [0.5, 0.6) is 0 Å². The molecule has 2 N–H and O–H groups in total. The number of hydrogen-bond acceptors (Lipinski definition) is 5. The molecule has 0 radical (unpaired) electrons. The van der Waals surface area contributed by atoms with Crippen molar-refractivity contribution in [2.24, 2.45) is 0 Å². The predicted octanol–water partition coefficient (Wildman–Crippen LogP) is 1.30. The molecule has 0 aromatic carbocycles. The van der Waals surface area contributed by atoms with Crippen LogP contribution in [0.2, 0.25) is 0 Å². The fraction of sp³-hybridized carbons (Fsp3) is 0.571. The summed E-state index contributed by atoms with van der Waals surface area (Å²) in [7, 11) is 1.25. The normalized spacial score (nSPS) is 15.2. The first-order chi connectivity index (χ1) is 9.67. The van der Waals surface area contributed by atoms with Crippen LogP contribution in [0.25, 0.3) is 0 Å². The lowest BCUT2D eigenvalue weighted by Gasteiger charge is -2.16. The summed E-state index contributed by atoms with van der Waals surface area (Å²) in [4.78, 5) is 23.1. The van der Waals surface area contributed by atoms with Gasteiger partial charge in [-0.05, 0) is 31.3 Å². The third-order valence-electron chi connectivity index (χ3n) is 2.87. The molecule has 20 heavy (non-hydrogen) atoms. The fourth-order valence-corrected chi connectivity index (χ4v) is 1.79. The van der Waals surface area contributed by atoms with Crippen LogP contribution in [0, 0.1) is 0 Å². The van der Waals surface area contributed by atoms with Crippen molar-refractivity contribution >= 4 is 12.1 Å². The summed E-state index contributed by atoms with van der Waals surface area (Å²) in [5.74, 6) is -0.549. The molecule has 0 bridgehead atoms. The highest BCUT2D eigenvalue weighted by Crippen LogP contribution is 2.09. The lowest BCUT2D eigenvalue weighted by atomic mass is 10.1. The molecule has 1 unspecified atom stereocenters. The van der Waals surface area contributed by atoms with Gasteiger partial charge in [0.1, 0.15) is 12.6 Å². The molecule has 1 aliphatic carbocycles. The van der Waals surface area contributed by atoms with E-state index in [1.54, 1.807) is 0 Å². The second-order valence-electron chi connectivity index (χ2n) is 4.42. The average molecular weight is 283 g/mol. The number of methoxy groups -OCH3 is 1. The van der Waals surface area contributed by atoms with Gasteiger partial charge in [0.25, 0.3) is 0 Å². The molecule has 0 fully saturated rings. The number of hydrogen-bond donors (Lipinski definition) is 2. The van der Waals surface area contributed by atoms with Crippen molar-refractivity contribution in [3.8, 4) is 0 Å². The van der Waals surface area contributed by atoms with Gasteiger partial charge in [-0.2, -0.15) is 0 Å². The standard InChI is InChI=1S/C14H21NO5/c1-19-13(17)12(8-5-9-16)15-14(18)20-10-11-6-3-2-4-7-11/h3,6-7,12,16H,2,4-5,8-10H2,1H3,(H,15,18). The highest BCUT2D eigenvalue weighted by atomic mass is 16.6. The molecule has 0 saturated carbocycles. The molecule has 0 aliphatic heterocycles. The summed E-state index contributed by atoms with van der Waals surface area (Å²) < 4.78 is 9.64. The highest BCUT2D eigenvalue weighted by molar-refractivity contribution is 5.81. The molecule has 0 heterocycles. The van der Waals surface area contributed by atoms with Gasteiger partial charge < -0.3 is 19.9 Å². The maximum absolute atomic E-state index is 11.6. The summed E-state index contributed by atoms with van der Waals surface area (Å²) in [5, 5.41) is 11.2. The third kappa shape index (κ3) is 5.88. The number of esters is 1. The second-order valence-corrected chi connectivity index (χ2v) is 4.42. The zero-order chi connectivity index (χ0) is 14.8. The number of allylic oxidation sites excluding steroid dienone is 2. The van der Waals surface area contributed by atoms with E-state index in [1.807, 2.05) is 18.2 Å². The molecule has 0 saturated heterocycles. The van der Waals surface area contributed by atoms with Gasteiger partial charge in [-0.3, -0.25) is 0 Å².